The zero-order chi connectivity index (χ0) is 18.6. The van der Waals surface area contributed by atoms with Gasteiger partial charge in [-0.3, -0.25) is 4.98 Å². The molecular weight excluding hydrogens is 404 g/mol. The van der Waals surface area contributed by atoms with Crippen LogP contribution in [-0.4, -0.2) is 34.1 Å². The van der Waals surface area contributed by atoms with E-state index in [1.165, 1.54) is 0 Å². The van der Waals surface area contributed by atoms with Gasteiger partial charge in [-0.2, -0.15) is 0 Å². The maximum atomic E-state index is 6.14. The maximum Gasteiger partial charge on any atom is 0.163 e. The third-order valence-electron chi connectivity index (χ3n) is 4.63. The van der Waals surface area contributed by atoms with Gasteiger partial charge in [0.2, 0.25) is 0 Å². The number of hydrogen-bond donors (Lipinski definition) is 0. The molecule has 1 aromatic carbocycles. The first kappa shape index (κ1) is 17.9. The molecule has 5 nitrogen and oxygen atoms in total. The Hall–Kier alpha value is -2.47. The number of nitrogens with zero attached hydrogens (tertiary/aromatic N) is 4. The third-order valence-corrected chi connectivity index (χ3v) is 5.12. The zero-order valence-corrected chi connectivity index (χ0v) is 16.8. The van der Waals surface area contributed by atoms with Crippen molar-refractivity contribution in [3.8, 4) is 17.1 Å². The van der Waals surface area contributed by atoms with Crippen molar-refractivity contribution < 1.29 is 4.74 Å². The molecule has 0 spiro atoms. The zero-order valence-electron chi connectivity index (χ0n) is 15.2. The van der Waals surface area contributed by atoms with Crippen LogP contribution in [0.4, 0.5) is 5.82 Å². The molecule has 3 heterocycles. The van der Waals surface area contributed by atoms with Gasteiger partial charge in [0.25, 0.3) is 0 Å². The summed E-state index contributed by atoms with van der Waals surface area (Å²) in [7, 11) is 0. The normalized spacial score (nSPS) is 15.0. The quantitative estimate of drug-likeness (QED) is 0.609. The van der Waals surface area contributed by atoms with Crippen molar-refractivity contribution >= 4 is 21.7 Å². The lowest BCUT2D eigenvalue weighted by Crippen LogP contribution is -2.38. The Morgan fingerprint density at radius 1 is 1.07 bits per heavy atom. The lowest BCUT2D eigenvalue weighted by Gasteiger charge is -2.33. The Balaban J connectivity index is 1.44. The van der Waals surface area contributed by atoms with Crippen LogP contribution in [0.25, 0.3) is 11.4 Å². The smallest absolute Gasteiger partial charge is 0.163 e. The van der Waals surface area contributed by atoms with Gasteiger partial charge in [-0.25, -0.2) is 9.97 Å². The van der Waals surface area contributed by atoms with Crippen molar-refractivity contribution in [2.24, 2.45) is 0 Å². The molecule has 1 saturated heterocycles. The predicted octanol–water partition coefficient (Wildman–Crippen LogP) is 4.66. The number of benzene rings is 1. The summed E-state index contributed by atoms with van der Waals surface area (Å²) < 4.78 is 7.18. The van der Waals surface area contributed by atoms with Gasteiger partial charge in [0.15, 0.2) is 5.82 Å². The Labute approximate surface area is 167 Å². The van der Waals surface area contributed by atoms with Crippen LogP contribution in [0, 0.1) is 6.92 Å². The minimum atomic E-state index is 0.233. The molecule has 3 aromatic rings. The van der Waals surface area contributed by atoms with Crippen LogP contribution in [0.2, 0.25) is 0 Å². The molecule has 0 radical (unpaired) electrons. The van der Waals surface area contributed by atoms with Crippen LogP contribution in [0.15, 0.2) is 59.3 Å². The molecular formula is C21H21BrN4O. The monoisotopic (exact) mass is 424 g/mol. The number of aromatic nitrogens is 3. The number of hydrogen-bond acceptors (Lipinski definition) is 5. The molecule has 138 valence electrons. The van der Waals surface area contributed by atoms with E-state index in [1.807, 2.05) is 43.3 Å². The van der Waals surface area contributed by atoms with Crippen molar-refractivity contribution in [2.75, 3.05) is 18.0 Å². The van der Waals surface area contributed by atoms with Gasteiger partial charge in [-0.05, 0) is 37.3 Å². The number of halogens is 1. The minimum Gasteiger partial charge on any atom is -0.490 e. The highest BCUT2D eigenvalue weighted by molar-refractivity contribution is 9.10. The van der Waals surface area contributed by atoms with Crippen LogP contribution in [0.3, 0.4) is 0 Å². The SMILES string of the molecule is Cc1cc(N2CCC(Oc3cccc(Br)c3)CC2)nc(-c2cccnc2)n1. The molecule has 0 bridgehead atoms. The Morgan fingerprint density at radius 3 is 2.67 bits per heavy atom. The summed E-state index contributed by atoms with van der Waals surface area (Å²) in [6.45, 7) is 3.84. The second kappa shape index (κ2) is 8.05. The summed E-state index contributed by atoms with van der Waals surface area (Å²) in [5.74, 6) is 2.62. The van der Waals surface area contributed by atoms with Crippen LogP contribution in [0.5, 0.6) is 5.75 Å². The van der Waals surface area contributed by atoms with Crippen LogP contribution >= 0.6 is 15.9 Å². The fourth-order valence-corrected chi connectivity index (χ4v) is 3.65. The molecule has 6 heteroatoms. The van der Waals surface area contributed by atoms with Crippen molar-refractivity contribution in [3.63, 3.8) is 0 Å². The summed E-state index contributed by atoms with van der Waals surface area (Å²) >= 11 is 3.49. The maximum absolute atomic E-state index is 6.14. The summed E-state index contributed by atoms with van der Waals surface area (Å²) in [6.07, 6.45) is 5.74. The number of anilines is 1. The van der Waals surface area contributed by atoms with E-state index in [4.69, 9.17) is 9.72 Å². The summed E-state index contributed by atoms with van der Waals surface area (Å²) in [6, 6.07) is 14.0. The van der Waals surface area contributed by atoms with E-state index in [2.05, 4.69) is 36.9 Å². The standard InChI is InChI=1S/C21H21BrN4O/c1-15-12-20(25-21(24-15)16-4-3-9-23-14-16)26-10-7-18(8-11-26)27-19-6-2-5-17(22)13-19/h2-6,9,12-14,18H,7-8,10-11H2,1H3. The van der Waals surface area contributed by atoms with Gasteiger partial charge in [0.1, 0.15) is 17.7 Å². The van der Waals surface area contributed by atoms with Gasteiger partial charge in [0, 0.05) is 60.1 Å². The molecule has 0 atom stereocenters. The lowest BCUT2D eigenvalue weighted by molar-refractivity contribution is 0.170. The van der Waals surface area contributed by atoms with Gasteiger partial charge in [0.05, 0.1) is 0 Å². The first-order valence-corrected chi connectivity index (χ1v) is 9.90. The predicted molar refractivity (Wildman–Crippen MR) is 110 cm³/mol. The van der Waals surface area contributed by atoms with E-state index in [1.54, 1.807) is 12.4 Å². The fourth-order valence-electron chi connectivity index (χ4n) is 3.27. The molecule has 0 saturated carbocycles. The van der Waals surface area contributed by atoms with Crippen molar-refractivity contribution in [1.82, 2.24) is 15.0 Å². The molecule has 2 aromatic heterocycles. The van der Waals surface area contributed by atoms with Crippen LogP contribution in [0.1, 0.15) is 18.5 Å². The van der Waals surface area contributed by atoms with Crippen molar-refractivity contribution in [1.29, 1.82) is 0 Å². The Kier molecular flexibility index (Phi) is 5.34. The highest BCUT2D eigenvalue weighted by Crippen LogP contribution is 2.25. The second-order valence-corrected chi connectivity index (χ2v) is 7.61. The highest BCUT2D eigenvalue weighted by Gasteiger charge is 2.22. The number of pyridine rings is 1. The summed E-state index contributed by atoms with van der Waals surface area (Å²) in [4.78, 5) is 15.8. The fraction of sp³-hybridized carbons (Fsp3) is 0.286. The molecule has 27 heavy (non-hydrogen) atoms. The van der Waals surface area contributed by atoms with Gasteiger partial charge in [-0.1, -0.05) is 22.0 Å². The molecule has 1 aliphatic heterocycles. The van der Waals surface area contributed by atoms with E-state index in [0.29, 0.717) is 0 Å². The average Bonchev–Trinajstić information content (AvgIpc) is 2.69. The van der Waals surface area contributed by atoms with Crippen molar-refractivity contribution in [3.05, 3.63) is 65.0 Å². The van der Waals surface area contributed by atoms with Gasteiger partial charge < -0.3 is 9.64 Å². The minimum absolute atomic E-state index is 0.233. The Morgan fingerprint density at radius 2 is 1.93 bits per heavy atom. The largest absolute Gasteiger partial charge is 0.490 e. The van der Waals surface area contributed by atoms with E-state index in [9.17, 15) is 0 Å². The van der Waals surface area contributed by atoms with Gasteiger partial charge >= 0.3 is 0 Å². The van der Waals surface area contributed by atoms with E-state index in [-0.39, 0.29) is 6.10 Å². The average molecular weight is 425 g/mol. The third kappa shape index (κ3) is 4.45. The lowest BCUT2D eigenvalue weighted by atomic mass is 10.1. The Bertz CT molecular complexity index is 911. The number of rotatable bonds is 4. The molecule has 0 amide bonds. The molecule has 4 rings (SSSR count). The molecule has 0 N–H and O–H groups in total. The van der Waals surface area contributed by atoms with Crippen LogP contribution < -0.4 is 9.64 Å². The van der Waals surface area contributed by atoms with E-state index in [0.717, 1.165) is 59.1 Å². The first-order valence-electron chi connectivity index (χ1n) is 9.10. The van der Waals surface area contributed by atoms with Crippen molar-refractivity contribution in [2.45, 2.75) is 25.9 Å². The topological polar surface area (TPSA) is 51.1 Å². The summed E-state index contributed by atoms with van der Waals surface area (Å²) in [5.41, 5.74) is 1.90. The number of aryl methyl sites for hydroxylation is 1. The van der Waals surface area contributed by atoms with Gasteiger partial charge in [-0.15, -0.1) is 0 Å². The molecule has 1 aliphatic rings. The second-order valence-electron chi connectivity index (χ2n) is 6.69. The van der Waals surface area contributed by atoms with Crippen LogP contribution in [-0.2, 0) is 0 Å². The molecule has 0 unspecified atom stereocenters. The first-order chi connectivity index (χ1) is 13.2. The number of piperidine rings is 1. The van der Waals surface area contributed by atoms with E-state index >= 15 is 0 Å². The number of ether oxygens (including phenoxy) is 1. The summed E-state index contributed by atoms with van der Waals surface area (Å²) in [5, 5.41) is 0. The molecule has 0 aliphatic carbocycles. The molecule has 1 fully saturated rings. The highest BCUT2D eigenvalue weighted by atomic mass is 79.9. The van der Waals surface area contributed by atoms with E-state index < -0.39 is 0 Å².